The molecule has 1 N–H and O–H groups in total. The second-order valence-corrected chi connectivity index (χ2v) is 2.86. The Bertz CT molecular complexity index is 143. The van der Waals surface area contributed by atoms with E-state index >= 15 is 0 Å². The Morgan fingerprint density at radius 2 is 2.00 bits per heavy atom. The van der Waals surface area contributed by atoms with Crippen molar-refractivity contribution in [3.05, 3.63) is 0 Å². The molecule has 1 atom stereocenters. The lowest BCUT2D eigenvalue weighted by Gasteiger charge is -2.34. The standard InChI is InChI=1S/C3H5F2NO2S/c4-3(5)1-6(2-3)9(7)8/h1-2H2,(H,7,8). The van der Waals surface area contributed by atoms with Gasteiger partial charge in [0.15, 0.2) is 0 Å². The van der Waals surface area contributed by atoms with Gasteiger partial charge in [0.1, 0.15) is 0 Å². The summed E-state index contributed by atoms with van der Waals surface area (Å²) in [5.41, 5.74) is 0. The van der Waals surface area contributed by atoms with E-state index in [4.69, 9.17) is 4.55 Å². The van der Waals surface area contributed by atoms with E-state index in [0.29, 0.717) is 0 Å². The largest absolute Gasteiger partial charge is 0.294 e. The Morgan fingerprint density at radius 1 is 1.56 bits per heavy atom. The molecule has 0 aromatic rings. The summed E-state index contributed by atoms with van der Waals surface area (Å²) in [4.78, 5) is 0. The maximum atomic E-state index is 11.9. The van der Waals surface area contributed by atoms with Crippen LogP contribution in [0.25, 0.3) is 0 Å². The minimum atomic E-state index is -2.75. The summed E-state index contributed by atoms with van der Waals surface area (Å²) in [6.45, 7) is -1.20. The van der Waals surface area contributed by atoms with Crippen molar-refractivity contribution in [2.45, 2.75) is 5.92 Å². The van der Waals surface area contributed by atoms with Crippen LogP contribution in [0.2, 0.25) is 0 Å². The highest BCUT2D eigenvalue weighted by Gasteiger charge is 2.46. The van der Waals surface area contributed by atoms with Gasteiger partial charge < -0.3 is 0 Å². The van der Waals surface area contributed by atoms with Crippen LogP contribution in [0, 0.1) is 0 Å². The number of hydrogen-bond donors (Lipinski definition) is 1. The Labute approximate surface area is 53.1 Å². The van der Waals surface area contributed by atoms with E-state index < -0.39 is 30.3 Å². The van der Waals surface area contributed by atoms with Gasteiger partial charge >= 0.3 is 0 Å². The van der Waals surface area contributed by atoms with Gasteiger partial charge in [0.25, 0.3) is 5.92 Å². The topological polar surface area (TPSA) is 40.5 Å². The predicted molar refractivity (Wildman–Crippen MR) is 27.3 cm³/mol. The Balaban J connectivity index is 2.35. The van der Waals surface area contributed by atoms with E-state index in [1.165, 1.54) is 0 Å². The van der Waals surface area contributed by atoms with Gasteiger partial charge in [-0.3, -0.25) is 4.55 Å². The van der Waals surface area contributed by atoms with Gasteiger partial charge in [-0.2, -0.15) is 4.31 Å². The van der Waals surface area contributed by atoms with Crippen LogP contribution in [-0.2, 0) is 11.3 Å². The van der Waals surface area contributed by atoms with Gasteiger partial charge in [-0.1, -0.05) is 0 Å². The smallest absolute Gasteiger partial charge is 0.275 e. The fraction of sp³-hybridized carbons (Fsp3) is 1.00. The number of halogens is 2. The van der Waals surface area contributed by atoms with Crippen molar-refractivity contribution in [1.82, 2.24) is 4.31 Å². The third-order valence-electron chi connectivity index (χ3n) is 1.04. The summed E-state index contributed by atoms with van der Waals surface area (Å²) < 4.78 is 42.6. The molecule has 54 valence electrons. The summed E-state index contributed by atoms with van der Waals surface area (Å²) in [5, 5.41) is 0. The van der Waals surface area contributed by atoms with Gasteiger partial charge in [0, 0.05) is 0 Å². The van der Waals surface area contributed by atoms with Crippen molar-refractivity contribution in [2.75, 3.05) is 13.1 Å². The molecule has 1 unspecified atom stereocenters. The number of rotatable bonds is 1. The molecule has 0 aromatic carbocycles. The fourth-order valence-corrected chi connectivity index (χ4v) is 1.18. The van der Waals surface area contributed by atoms with Crippen LogP contribution >= 0.6 is 0 Å². The molecule has 3 nitrogen and oxygen atoms in total. The lowest BCUT2D eigenvalue weighted by atomic mass is 10.2. The number of hydrogen-bond acceptors (Lipinski definition) is 1. The van der Waals surface area contributed by atoms with Gasteiger partial charge in [0.05, 0.1) is 13.1 Å². The summed E-state index contributed by atoms with van der Waals surface area (Å²) >= 11 is -2.22. The maximum Gasteiger partial charge on any atom is 0.275 e. The first-order chi connectivity index (χ1) is 4.01. The molecule has 0 radical (unpaired) electrons. The SMILES string of the molecule is O=S(O)N1CC(F)(F)C1. The predicted octanol–water partition coefficient (Wildman–Crippen LogP) is 0.0740. The van der Waals surface area contributed by atoms with Crippen LogP contribution in [-0.4, -0.2) is 32.1 Å². The Hall–Kier alpha value is -0.0700. The average molecular weight is 157 g/mol. The van der Waals surface area contributed by atoms with Crippen LogP contribution in [0.3, 0.4) is 0 Å². The number of nitrogens with zero attached hydrogens (tertiary/aromatic N) is 1. The Kier molecular flexibility index (Phi) is 1.54. The van der Waals surface area contributed by atoms with Gasteiger partial charge in [-0.25, -0.2) is 13.0 Å². The first-order valence-electron chi connectivity index (χ1n) is 2.25. The highest BCUT2D eigenvalue weighted by Crippen LogP contribution is 2.26. The van der Waals surface area contributed by atoms with Crippen molar-refractivity contribution in [1.29, 1.82) is 0 Å². The summed E-state index contributed by atoms with van der Waals surface area (Å²) in [6, 6.07) is 0. The van der Waals surface area contributed by atoms with Crippen molar-refractivity contribution in [3.8, 4) is 0 Å². The van der Waals surface area contributed by atoms with E-state index in [-0.39, 0.29) is 0 Å². The molecular weight excluding hydrogens is 152 g/mol. The minimum Gasteiger partial charge on any atom is -0.294 e. The van der Waals surface area contributed by atoms with E-state index in [0.717, 1.165) is 4.31 Å². The van der Waals surface area contributed by atoms with Crippen LogP contribution in [0.5, 0.6) is 0 Å². The molecular formula is C3H5F2NO2S. The summed E-state index contributed by atoms with van der Waals surface area (Å²) in [5.74, 6) is -2.75. The van der Waals surface area contributed by atoms with Crippen molar-refractivity contribution >= 4 is 11.3 Å². The monoisotopic (exact) mass is 157 g/mol. The van der Waals surface area contributed by atoms with E-state index in [1.54, 1.807) is 0 Å². The van der Waals surface area contributed by atoms with Crippen LogP contribution in [0.4, 0.5) is 8.78 Å². The van der Waals surface area contributed by atoms with Gasteiger partial charge in [-0.05, 0) is 0 Å². The fourth-order valence-electron chi connectivity index (χ4n) is 0.580. The van der Waals surface area contributed by atoms with E-state index in [1.807, 2.05) is 0 Å². The second kappa shape index (κ2) is 1.96. The molecule has 1 aliphatic rings. The lowest BCUT2D eigenvalue weighted by molar-refractivity contribution is -0.0948. The zero-order valence-electron chi connectivity index (χ0n) is 4.38. The molecule has 0 spiro atoms. The molecule has 0 bridgehead atoms. The highest BCUT2D eigenvalue weighted by molar-refractivity contribution is 7.76. The normalized spacial score (nSPS) is 29.2. The molecule has 9 heavy (non-hydrogen) atoms. The second-order valence-electron chi connectivity index (χ2n) is 1.88. The van der Waals surface area contributed by atoms with Crippen LogP contribution < -0.4 is 0 Å². The molecule has 1 fully saturated rings. The van der Waals surface area contributed by atoms with Crippen molar-refractivity contribution in [3.63, 3.8) is 0 Å². The molecule has 1 rings (SSSR count). The quantitative estimate of drug-likeness (QED) is 0.547. The summed E-state index contributed by atoms with van der Waals surface area (Å²) in [7, 11) is 0. The molecule has 6 heteroatoms. The first kappa shape index (κ1) is 7.04. The molecule has 1 saturated heterocycles. The first-order valence-corrected chi connectivity index (χ1v) is 3.31. The Morgan fingerprint density at radius 3 is 2.11 bits per heavy atom. The minimum absolute atomic E-state index is 0.601. The molecule has 0 aliphatic carbocycles. The highest BCUT2D eigenvalue weighted by atomic mass is 32.2. The zero-order chi connectivity index (χ0) is 7.07. The molecule has 1 heterocycles. The number of alkyl halides is 2. The van der Waals surface area contributed by atoms with Crippen LogP contribution in [0.1, 0.15) is 0 Å². The van der Waals surface area contributed by atoms with Crippen molar-refractivity contribution in [2.24, 2.45) is 0 Å². The van der Waals surface area contributed by atoms with Crippen molar-refractivity contribution < 1.29 is 17.5 Å². The zero-order valence-corrected chi connectivity index (χ0v) is 5.20. The molecule has 1 aliphatic heterocycles. The van der Waals surface area contributed by atoms with E-state index in [9.17, 15) is 13.0 Å². The van der Waals surface area contributed by atoms with E-state index in [2.05, 4.69) is 0 Å². The molecule has 0 saturated carbocycles. The molecule has 0 amide bonds. The lowest BCUT2D eigenvalue weighted by Crippen LogP contribution is -2.56. The maximum absolute atomic E-state index is 11.9. The average Bonchev–Trinajstić information content (AvgIpc) is 1.59. The van der Waals surface area contributed by atoms with Gasteiger partial charge in [0.2, 0.25) is 11.3 Å². The molecule has 0 aromatic heterocycles. The third kappa shape index (κ3) is 1.44. The summed E-state index contributed by atoms with van der Waals surface area (Å²) in [6.07, 6.45) is 0. The van der Waals surface area contributed by atoms with Gasteiger partial charge in [-0.15, -0.1) is 0 Å². The third-order valence-corrected chi connectivity index (χ3v) is 1.74. The van der Waals surface area contributed by atoms with Crippen LogP contribution in [0.15, 0.2) is 0 Å².